The number of carbonyl (C=O) groups is 2. The maximum absolute atomic E-state index is 11.9. The minimum absolute atomic E-state index is 0.0449. The number of aromatic nitrogens is 8. The molecule has 196 valence electrons. The molecular formula is C24H17ClN8O6. The second-order valence-electron chi connectivity index (χ2n) is 7.82. The highest BCUT2D eigenvalue weighted by atomic mass is 35.5. The zero-order valence-corrected chi connectivity index (χ0v) is 21.0. The molecule has 0 aromatic carbocycles. The van der Waals surface area contributed by atoms with Gasteiger partial charge in [0.2, 0.25) is 23.1 Å². The molecule has 0 amide bonds. The van der Waals surface area contributed by atoms with Gasteiger partial charge in [0.05, 0.1) is 16.8 Å². The molecule has 0 unspecified atom stereocenters. The number of halogens is 1. The second kappa shape index (κ2) is 11.7. The molecule has 4 rings (SSSR count). The van der Waals surface area contributed by atoms with E-state index >= 15 is 0 Å². The van der Waals surface area contributed by atoms with Crippen molar-refractivity contribution in [2.75, 3.05) is 0 Å². The van der Waals surface area contributed by atoms with Gasteiger partial charge in [-0.25, -0.2) is 29.3 Å². The third-order valence-electron chi connectivity index (χ3n) is 4.56. The summed E-state index contributed by atoms with van der Waals surface area (Å²) in [4.78, 5) is 31.1. The molecule has 0 saturated heterocycles. The van der Waals surface area contributed by atoms with E-state index in [4.69, 9.17) is 26.2 Å². The zero-order chi connectivity index (χ0) is 27.9. The molecule has 0 aliphatic carbocycles. The van der Waals surface area contributed by atoms with E-state index in [2.05, 4.69) is 59.4 Å². The Hall–Kier alpha value is -5.47. The van der Waals surface area contributed by atoms with Crippen molar-refractivity contribution in [2.45, 2.75) is 20.4 Å². The normalized spacial score (nSPS) is 10.3. The summed E-state index contributed by atoms with van der Waals surface area (Å²) in [5, 5.41) is 35.7. The van der Waals surface area contributed by atoms with Gasteiger partial charge >= 0.3 is 11.9 Å². The van der Waals surface area contributed by atoms with Crippen molar-refractivity contribution >= 4 is 23.5 Å². The lowest BCUT2D eigenvalue weighted by Crippen LogP contribution is -2.10. The van der Waals surface area contributed by atoms with Crippen LogP contribution < -0.4 is 9.47 Å². The molecule has 14 nitrogen and oxygen atoms in total. The van der Waals surface area contributed by atoms with Crippen LogP contribution in [0.3, 0.4) is 0 Å². The molecule has 4 aromatic rings. The van der Waals surface area contributed by atoms with Crippen LogP contribution in [0.4, 0.5) is 0 Å². The van der Waals surface area contributed by atoms with Crippen LogP contribution in [0.5, 0.6) is 23.5 Å². The maximum atomic E-state index is 11.9. The summed E-state index contributed by atoms with van der Waals surface area (Å²) in [6.07, 6.45) is 2.75. The first-order chi connectivity index (χ1) is 18.7. The number of H-pyrrole nitrogens is 1. The minimum Gasteiger partial charge on any atom is -0.476 e. The molecule has 0 radical (unpaired) electrons. The standard InChI is InChI=1S/C24H17ClN8O6/c1-13(2)5-6-14-7-8-17(26-11-14)38-22-20(24(36)37)33(32-30-22)9-3-4-15-10-18(27-12-16(15)25)39-21-19(23(34)35)28-31-29-21/h7-8,10-13H,9H2,1-2H3,(H,34,35)(H,36,37)(H,28,29,31). The molecule has 4 aromatic heterocycles. The third-order valence-corrected chi connectivity index (χ3v) is 4.86. The number of nitrogens with one attached hydrogen (secondary N) is 1. The van der Waals surface area contributed by atoms with Gasteiger partial charge in [-0.15, -0.1) is 0 Å². The van der Waals surface area contributed by atoms with E-state index < -0.39 is 11.9 Å². The summed E-state index contributed by atoms with van der Waals surface area (Å²) >= 11 is 6.15. The average Bonchev–Trinajstić information content (AvgIpc) is 3.52. The summed E-state index contributed by atoms with van der Waals surface area (Å²) in [6.45, 7) is 3.75. The Morgan fingerprint density at radius 3 is 2.51 bits per heavy atom. The first kappa shape index (κ1) is 26.6. The summed E-state index contributed by atoms with van der Waals surface area (Å²) in [5.74, 6) is 8.53. The van der Waals surface area contributed by atoms with E-state index in [0.717, 1.165) is 4.68 Å². The lowest BCUT2D eigenvalue weighted by atomic mass is 10.2. The number of aromatic carboxylic acids is 2. The number of hydrogen-bond acceptors (Lipinski definition) is 10. The average molecular weight is 549 g/mol. The first-order valence-corrected chi connectivity index (χ1v) is 11.4. The fraction of sp³-hybridized carbons (Fsp3) is 0.167. The SMILES string of the molecule is CC(C)C#Cc1ccc(Oc2nnn(CC#Cc3cc(Oc4nn[nH]c4C(=O)O)ncc3Cl)c2C(=O)O)nc1. The molecular weight excluding hydrogens is 532 g/mol. The predicted molar refractivity (Wildman–Crippen MR) is 133 cm³/mol. The molecule has 0 fully saturated rings. The van der Waals surface area contributed by atoms with Crippen LogP contribution >= 0.6 is 11.6 Å². The topological polar surface area (TPSA) is 191 Å². The molecule has 15 heteroatoms. The lowest BCUT2D eigenvalue weighted by molar-refractivity contribution is 0.0672. The highest BCUT2D eigenvalue weighted by molar-refractivity contribution is 6.31. The second-order valence-corrected chi connectivity index (χ2v) is 8.23. The summed E-state index contributed by atoms with van der Waals surface area (Å²) in [7, 11) is 0. The van der Waals surface area contributed by atoms with Crippen LogP contribution in [0.25, 0.3) is 0 Å². The van der Waals surface area contributed by atoms with E-state index in [-0.39, 0.29) is 58.0 Å². The van der Waals surface area contributed by atoms with Crippen molar-refractivity contribution in [3.8, 4) is 47.2 Å². The molecule has 0 spiro atoms. The number of nitrogens with zero attached hydrogens (tertiary/aromatic N) is 7. The quantitative estimate of drug-likeness (QED) is 0.286. The van der Waals surface area contributed by atoms with Gasteiger partial charge in [-0.05, 0) is 6.07 Å². The van der Waals surface area contributed by atoms with Crippen LogP contribution in [0.15, 0.2) is 30.6 Å². The molecule has 0 aliphatic rings. The number of carboxylic acid groups (broad SMARTS) is 2. The smallest absolute Gasteiger partial charge is 0.359 e. The predicted octanol–water partition coefficient (Wildman–Crippen LogP) is 2.88. The van der Waals surface area contributed by atoms with Gasteiger partial charge in [-0.2, -0.15) is 0 Å². The van der Waals surface area contributed by atoms with Gasteiger partial charge in [0.25, 0.3) is 11.8 Å². The van der Waals surface area contributed by atoms with Gasteiger partial charge in [0.15, 0.2) is 0 Å². The molecule has 0 saturated carbocycles. The van der Waals surface area contributed by atoms with E-state index in [0.29, 0.717) is 5.56 Å². The third kappa shape index (κ3) is 6.65. The summed E-state index contributed by atoms with van der Waals surface area (Å²) < 4.78 is 11.9. The molecule has 0 atom stereocenters. The van der Waals surface area contributed by atoms with E-state index in [9.17, 15) is 14.7 Å². The van der Waals surface area contributed by atoms with Crippen molar-refractivity contribution < 1.29 is 29.3 Å². The van der Waals surface area contributed by atoms with E-state index in [1.165, 1.54) is 18.5 Å². The Morgan fingerprint density at radius 2 is 1.82 bits per heavy atom. The van der Waals surface area contributed by atoms with Crippen molar-refractivity contribution in [3.05, 3.63) is 58.1 Å². The van der Waals surface area contributed by atoms with Crippen molar-refractivity contribution in [1.29, 1.82) is 0 Å². The van der Waals surface area contributed by atoms with E-state index in [1.54, 1.807) is 12.1 Å². The zero-order valence-electron chi connectivity index (χ0n) is 20.2. The minimum atomic E-state index is -1.34. The van der Waals surface area contributed by atoms with Crippen molar-refractivity contribution in [1.82, 2.24) is 40.4 Å². The Labute approximate surface area is 225 Å². The number of carboxylic acids is 2. The molecule has 0 bridgehead atoms. The lowest BCUT2D eigenvalue weighted by Gasteiger charge is -2.04. The molecule has 4 heterocycles. The molecule has 0 aliphatic heterocycles. The fourth-order valence-electron chi connectivity index (χ4n) is 2.83. The maximum Gasteiger partial charge on any atom is 0.359 e. The highest BCUT2D eigenvalue weighted by Crippen LogP contribution is 2.24. The number of ether oxygens (including phenoxy) is 2. The van der Waals surface area contributed by atoms with Gasteiger partial charge in [-0.1, -0.05) is 69.8 Å². The monoisotopic (exact) mass is 548 g/mol. The Balaban J connectivity index is 1.50. The van der Waals surface area contributed by atoms with Crippen LogP contribution in [0.2, 0.25) is 5.02 Å². The van der Waals surface area contributed by atoms with Crippen LogP contribution in [-0.4, -0.2) is 62.5 Å². The van der Waals surface area contributed by atoms with Crippen LogP contribution in [-0.2, 0) is 6.54 Å². The van der Waals surface area contributed by atoms with Crippen molar-refractivity contribution in [3.63, 3.8) is 0 Å². The molecule has 39 heavy (non-hydrogen) atoms. The van der Waals surface area contributed by atoms with Gasteiger partial charge in [0, 0.05) is 29.8 Å². The number of aromatic amines is 1. The Bertz CT molecular complexity index is 1660. The number of pyridine rings is 2. The van der Waals surface area contributed by atoms with Crippen LogP contribution in [0.1, 0.15) is 46.0 Å². The van der Waals surface area contributed by atoms with Gasteiger partial charge in [0.1, 0.15) is 6.54 Å². The summed E-state index contributed by atoms with van der Waals surface area (Å²) in [6, 6.07) is 4.58. The van der Waals surface area contributed by atoms with Gasteiger partial charge < -0.3 is 19.7 Å². The fourth-order valence-corrected chi connectivity index (χ4v) is 2.98. The van der Waals surface area contributed by atoms with E-state index in [1.807, 2.05) is 13.8 Å². The Kier molecular flexibility index (Phi) is 7.99. The number of rotatable bonds is 7. The highest BCUT2D eigenvalue weighted by Gasteiger charge is 2.22. The Morgan fingerprint density at radius 1 is 1.05 bits per heavy atom. The van der Waals surface area contributed by atoms with Crippen LogP contribution in [0, 0.1) is 29.6 Å². The summed E-state index contributed by atoms with van der Waals surface area (Å²) in [5.41, 5.74) is 0.239. The van der Waals surface area contributed by atoms with Crippen molar-refractivity contribution in [2.24, 2.45) is 5.92 Å². The van der Waals surface area contributed by atoms with Gasteiger partial charge in [-0.3, -0.25) is 0 Å². The largest absolute Gasteiger partial charge is 0.476 e. The first-order valence-electron chi connectivity index (χ1n) is 11.0. The molecule has 3 N–H and O–H groups in total. The number of hydrogen-bond donors (Lipinski definition) is 3.